The number of allylic oxidation sites excluding steroid dienone is 2. The van der Waals surface area contributed by atoms with Gasteiger partial charge in [-0.3, -0.25) is 18.9 Å². The Morgan fingerprint density at radius 3 is 2.30 bits per heavy atom. The van der Waals surface area contributed by atoms with E-state index in [9.17, 15) is 23.7 Å². The molecular weight excluding hydrogens is 501 g/mol. The molecule has 0 aromatic carbocycles. The zero-order valence-electron chi connectivity index (χ0n) is 22.9. The highest BCUT2D eigenvalue weighted by atomic mass is 31.1. The van der Waals surface area contributed by atoms with Crippen molar-refractivity contribution in [3.05, 3.63) is 12.2 Å². The Balaban J connectivity index is 2.66. The Morgan fingerprint density at radius 1 is 1.05 bits per heavy atom. The van der Waals surface area contributed by atoms with Gasteiger partial charge in [0.1, 0.15) is 18.4 Å². The summed E-state index contributed by atoms with van der Waals surface area (Å²) < 4.78 is 28.5. The molecule has 3 amide bonds. The number of alkyl carbamates (subject to hydrolysis) is 1. The van der Waals surface area contributed by atoms with Crippen LogP contribution in [0.4, 0.5) is 4.79 Å². The molecule has 1 rings (SSSR count). The summed E-state index contributed by atoms with van der Waals surface area (Å²) in [5, 5.41) is 7.44. The van der Waals surface area contributed by atoms with E-state index in [2.05, 4.69) is 28.1 Å². The molecule has 0 bridgehead atoms. The molecule has 1 aliphatic rings. The maximum absolute atomic E-state index is 12.9. The van der Waals surface area contributed by atoms with Crippen LogP contribution in [0.2, 0.25) is 0 Å². The SMILES string of the molecule is COC(=O)C(CC(C)C)C[PH](=O)OC(CC1CC=CCC1)NC(=O)CNC(=O)CNC(=O)OC(C)(C)C. The molecule has 37 heavy (non-hydrogen) atoms. The smallest absolute Gasteiger partial charge is 0.408 e. The molecule has 0 saturated carbocycles. The van der Waals surface area contributed by atoms with Gasteiger partial charge in [0, 0.05) is 6.16 Å². The van der Waals surface area contributed by atoms with Crippen molar-refractivity contribution in [1.29, 1.82) is 0 Å². The molecule has 3 N–H and O–H groups in total. The highest BCUT2D eigenvalue weighted by Gasteiger charge is 2.27. The highest BCUT2D eigenvalue weighted by Crippen LogP contribution is 2.33. The van der Waals surface area contributed by atoms with E-state index in [0.29, 0.717) is 12.8 Å². The predicted molar refractivity (Wildman–Crippen MR) is 140 cm³/mol. The molecule has 0 fully saturated rings. The van der Waals surface area contributed by atoms with Crippen molar-refractivity contribution in [2.75, 3.05) is 26.4 Å². The summed E-state index contributed by atoms with van der Waals surface area (Å²) in [5.41, 5.74) is -0.697. The van der Waals surface area contributed by atoms with Gasteiger partial charge in [0.05, 0.1) is 19.6 Å². The maximum atomic E-state index is 12.9. The molecule has 11 nitrogen and oxygen atoms in total. The molecule has 1 aliphatic carbocycles. The Morgan fingerprint density at radius 2 is 1.73 bits per heavy atom. The molecule has 0 aromatic rings. The van der Waals surface area contributed by atoms with Crippen LogP contribution in [0.1, 0.15) is 66.7 Å². The fourth-order valence-electron chi connectivity index (χ4n) is 3.85. The number of carbonyl (C=O) groups excluding carboxylic acids is 4. The average Bonchev–Trinajstić information content (AvgIpc) is 2.79. The van der Waals surface area contributed by atoms with E-state index < -0.39 is 49.7 Å². The first kappa shape index (κ1) is 32.6. The largest absolute Gasteiger partial charge is 0.469 e. The topological polar surface area (TPSA) is 149 Å². The van der Waals surface area contributed by atoms with E-state index >= 15 is 0 Å². The van der Waals surface area contributed by atoms with Crippen LogP contribution in [0, 0.1) is 17.8 Å². The standard InChI is InChI=1S/C25H44N3O8P/c1-17(2)12-19(23(31)34-6)16-37(33)36-22(13-18-10-8-7-9-11-18)28-21(30)15-26-20(29)14-27-24(32)35-25(3,4)5/h7-8,17-19,22,37H,9-16H2,1-6H3,(H,26,29)(H,27,32)(H,28,30). The molecular formula is C25H44N3O8P. The minimum Gasteiger partial charge on any atom is -0.469 e. The van der Waals surface area contributed by atoms with Crippen molar-refractivity contribution in [3.63, 3.8) is 0 Å². The second-order valence-corrected chi connectivity index (χ2v) is 12.0. The molecule has 0 saturated heterocycles. The Bertz CT molecular complexity index is 825. The fourth-order valence-corrected chi connectivity index (χ4v) is 5.16. The van der Waals surface area contributed by atoms with Gasteiger partial charge in [-0.2, -0.15) is 0 Å². The lowest BCUT2D eigenvalue weighted by molar-refractivity contribution is -0.145. The summed E-state index contributed by atoms with van der Waals surface area (Å²) in [4.78, 5) is 48.3. The number of hydrogen-bond acceptors (Lipinski definition) is 8. The number of carbonyl (C=O) groups is 4. The number of rotatable bonds is 14. The zero-order valence-corrected chi connectivity index (χ0v) is 23.9. The normalized spacial score (nSPS) is 17.9. The van der Waals surface area contributed by atoms with Crippen molar-refractivity contribution >= 4 is 31.9 Å². The van der Waals surface area contributed by atoms with Crippen molar-refractivity contribution in [2.24, 2.45) is 17.8 Å². The van der Waals surface area contributed by atoms with Crippen LogP contribution in [-0.4, -0.2) is 62.1 Å². The lowest BCUT2D eigenvalue weighted by Gasteiger charge is -2.26. The van der Waals surface area contributed by atoms with Crippen LogP contribution >= 0.6 is 8.03 Å². The number of hydrogen-bond donors (Lipinski definition) is 3. The van der Waals surface area contributed by atoms with Gasteiger partial charge in [-0.1, -0.05) is 26.0 Å². The van der Waals surface area contributed by atoms with Crippen molar-refractivity contribution in [3.8, 4) is 0 Å². The molecule has 0 aliphatic heterocycles. The first-order valence-corrected chi connectivity index (χ1v) is 14.3. The van der Waals surface area contributed by atoms with Crippen LogP contribution < -0.4 is 16.0 Å². The van der Waals surface area contributed by atoms with Crippen molar-refractivity contribution in [1.82, 2.24) is 16.0 Å². The van der Waals surface area contributed by atoms with Gasteiger partial charge in [0.2, 0.25) is 11.8 Å². The number of ether oxygens (including phenoxy) is 2. The van der Waals surface area contributed by atoms with E-state index in [1.165, 1.54) is 7.11 Å². The quantitative estimate of drug-likeness (QED) is 0.130. The van der Waals surface area contributed by atoms with E-state index in [1.54, 1.807) is 20.8 Å². The molecule has 0 spiro atoms. The predicted octanol–water partition coefficient (Wildman–Crippen LogP) is 3.14. The average molecular weight is 546 g/mol. The minimum absolute atomic E-state index is 0.0273. The second kappa shape index (κ2) is 16.5. The third-order valence-corrected chi connectivity index (χ3v) is 6.84. The fraction of sp³-hybridized carbons (Fsp3) is 0.760. The van der Waals surface area contributed by atoms with Crippen molar-refractivity contribution < 1.29 is 37.7 Å². The van der Waals surface area contributed by atoms with Gasteiger partial charge in [-0.15, -0.1) is 0 Å². The van der Waals surface area contributed by atoms with Gasteiger partial charge >= 0.3 is 12.1 Å². The van der Waals surface area contributed by atoms with Crippen LogP contribution in [0.25, 0.3) is 0 Å². The molecule has 12 heteroatoms. The van der Waals surface area contributed by atoms with Gasteiger partial charge in [-0.05, 0) is 64.7 Å². The maximum Gasteiger partial charge on any atom is 0.408 e. The molecule has 212 valence electrons. The summed E-state index contributed by atoms with van der Waals surface area (Å²) in [6.07, 6.45) is 6.25. The molecule has 0 aromatic heterocycles. The number of esters is 1. The van der Waals surface area contributed by atoms with Crippen LogP contribution in [0.3, 0.4) is 0 Å². The van der Waals surface area contributed by atoms with E-state index in [-0.39, 0.29) is 31.1 Å². The monoisotopic (exact) mass is 545 g/mol. The van der Waals surface area contributed by atoms with E-state index in [4.69, 9.17) is 14.0 Å². The Hall–Kier alpha value is -2.39. The van der Waals surface area contributed by atoms with E-state index in [0.717, 1.165) is 19.3 Å². The zero-order chi connectivity index (χ0) is 28.0. The van der Waals surface area contributed by atoms with Crippen molar-refractivity contribution in [2.45, 2.75) is 78.6 Å². The number of amides is 3. The van der Waals surface area contributed by atoms with Crippen LogP contribution in [0.5, 0.6) is 0 Å². The Kier molecular flexibility index (Phi) is 14.5. The summed E-state index contributed by atoms with van der Waals surface area (Å²) in [7, 11) is -1.38. The molecule has 0 radical (unpaired) electrons. The van der Waals surface area contributed by atoms with Gasteiger partial charge in [0.25, 0.3) is 0 Å². The molecule has 0 heterocycles. The minimum atomic E-state index is -2.68. The molecule has 4 atom stereocenters. The van der Waals surface area contributed by atoms with Gasteiger partial charge < -0.3 is 29.9 Å². The third kappa shape index (κ3) is 15.5. The molecule has 4 unspecified atom stereocenters. The summed E-state index contributed by atoms with van der Waals surface area (Å²) >= 11 is 0. The first-order chi connectivity index (χ1) is 17.3. The summed E-state index contributed by atoms with van der Waals surface area (Å²) in [5.74, 6) is -1.64. The lowest BCUT2D eigenvalue weighted by Crippen LogP contribution is -2.46. The first-order valence-electron chi connectivity index (χ1n) is 12.7. The third-order valence-electron chi connectivity index (χ3n) is 5.46. The second-order valence-electron chi connectivity index (χ2n) is 10.6. The summed E-state index contributed by atoms with van der Waals surface area (Å²) in [6.45, 7) is 8.33. The Labute approximate surface area is 220 Å². The van der Waals surface area contributed by atoms with Gasteiger partial charge in [0.15, 0.2) is 8.03 Å². The number of methoxy groups -OCH3 is 1. The van der Waals surface area contributed by atoms with E-state index in [1.807, 2.05) is 13.8 Å². The van der Waals surface area contributed by atoms with Crippen LogP contribution in [0.15, 0.2) is 12.2 Å². The summed E-state index contributed by atoms with van der Waals surface area (Å²) in [6, 6.07) is 0. The number of nitrogens with one attached hydrogen (secondary N) is 3. The highest BCUT2D eigenvalue weighted by molar-refractivity contribution is 7.39. The van der Waals surface area contributed by atoms with Crippen LogP contribution in [-0.2, 0) is 32.9 Å². The lowest BCUT2D eigenvalue weighted by atomic mass is 9.91. The van der Waals surface area contributed by atoms with Gasteiger partial charge in [-0.25, -0.2) is 4.79 Å².